The molecule has 1 rings (SSSR count). The van der Waals surface area contributed by atoms with E-state index in [0.29, 0.717) is 12.3 Å². The zero-order valence-corrected chi connectivity index (χ0v) is 10.5. The fourth-order valence-electron chi connectivity index (χ4n) is 1.79. The van der Waals surface area contributed by atoms with Gasteiger partial charge in [0.05, 0.1) is 7.11 Å². The summed E-state index contributed by atoms with van der Waals surface area (Å²) in [5.41, 5.74) is 2.37. The minimum atomic E-state index is 0.257. The van der Waals surface area contributed by atoms with Gasteiger partial charge in [-0.2, -0.15) is 0 Å². The fourth-order valence-corrected chi connectivity index (χ4v) is 1.79. The highest BCUT2D eigenvalue weighted by atomic mass is 16.5. The lowest BCUT2D eigenvalue weighted by atomic mass is 9.94. The van der Waals surface area contributed by atoms with Gasteiger partial charge in [-0.05, 0) is 29.0 Å². The minimum Gasteiger partial charge on any atom is -0.496 e. The predicted octanol–water partition coefficient (Wildman–Crippen LogP) is 3.51. The molecule has 0 radical (unpaired) electrons. The number of ether oxygens (including phenoxy) is 1. The van der Waals surface area contributed by atoms with Crippen molar-refractivity contribution in [2.75, 3.05) is 7.11 Å². The lowest BCUT2D eigenvalue weighted by molar-refractivity contribution is -0.108. The molecule has 2 nitrogen and oxygen atoms in total. The van der Waals surface area contributed by atoms with Crippen LogP contribution < -0.4 is 4.74 Å². The van der Waals surface area contributed by atoms with Gasteiger partial charge in [-0.15, -0.1) is 0 Å². The first kappa shape index (κ1) is 12.8. The lowest BCUT2D eigenvalue weighted by Crippen LogP contribution is -1.99. The Hall–Kier alpha value is -1.31. The second-order valence-electron chi connectivity index (χ2n) is 4.46. The van der Waals surface area contributed by atoms with Crippen LogP contribution in [-0.4, -0.2) is 13.4 Å². The van der Waals surface area contributed by atoms with Crippen molar-refractivity contribution in [3.63, 3.8) is 0 Å². The maximum Gasteiger partial charge on any atom is 0.122 e. The molecule has 1 aromatic rings. The number of benzene rings is 1. The molecule has 0 amide bonds. The first-order valence-electron chi connectivity index (χ1n) is 5.71. The van der Waals surface area contributed by atoms with E-state index in [1.807, 2.05) is 6.07 Å². The van der Waals surface area contributed by atoms with Crippen LogP contribution in [0.2, 0.25) is 0 Å². The Morgan fingerprint density at radius 3 is 2.50 bits per heavy atom. The Balaban J connectivity index is 3.03. The van der Waals surface area contributed by atoms with Crippen LogP contribution in [0.15, 0.2) is 18.2 Å². The Morgan fingerprint density at radius 1 is 1.31 bits per heavy atom. The van der Waals surface area contributed by atoms with Gasteiger partial charge < -0.3 is 9.53 Å². The topological polar surface area (TPSA) is 26.3 Å². The number of carbonyl (C=O) groups is 1. The highest BCUT2D eigenvalue weighted by Gasteiger charge is 2.11. The molecule has 0 bridgehead atoms. The van der Waals surface area contributed by atoms with Gasteiger partial charge in [0.1, 0.15) is 12.0 Å². The van der Waals surface area contributed by atoms with E-state index >= 15 is 0 Å². The number of rotatable bonds is 5. The van der Waals surface area contributed by atoms with E-state index in [2.05, 4.69) is 32.9 Å². The van der Waals surface area contributed by atoms with Gasteiger partial charge in [0.2, 0.25) is 0 Å². The molecule has 0 aliphatic rings. The Labute approximate surface area is 97.6 Å². The van der Waals surface area contributed by atoms with Crippen LogP contribution >= 0.6 is 0 Å². The summed E-state index contributed by atoms with van der Waals surface area (Å²) >= 11 is 0. The number of methoxy groups -OCH3 is 1. The summed E-state index contributed by atoms with van der Waals surface area (Å²) in [5, 5.41) is 0. The van der Waals surface area contributed by atoms with Crippen LogP contribution in [-0.2, 0) is 4.79 Å². The third-order valence-corrected chi connectivity index (χ3v) is 2.90. The smallest absolute Gasteiger partial charge is 0.122 e. The van der Waals surface area contributed by atoms with E-state index in [0.717, 1.165) is 17.6 Å². The molecule has 88 valence electrons. The SMILES string of the molecule is COc1cc(C(C)CC=O)ccc1C(C)C. The maximum atomic E-state index is 10.5. The molecule has 0 N–H and O–H groups in total. The maximum absolute atomic E-state index is 10.5. The van der Waals surface area contributed by atoms with E-state index < -0.39 is 0 Å². The Morgan fingerprint density at radius 2 is 2.00 bits per heavy atom. The Kier molecular flexibility index (Phi) is 4.53. The highest BCUT2D eigenvalue weighted by molar-refractivity contribution is 5.52. The molecule has 2 heteroatoms. The van der Waals surface area contributed by atoms with Gasteiger partial charge >= 0.3 is 0 Å². The van der Waals surface area contributed by atoms with Gasteiger partial charge in [0.25, 0.3) is 0 Å². The quantitative estimate of drug-likeness (QED) is 0.710. The largest absolute Gasteiger partial charge is 0.496 e. The van der Waals surface area contributed by atoms with Crippen molar-refractivity contribution >= 4 is 6.29 Å². The Bertz CT molecular complexity index is 356. The predicted molar refractivity (Wildman–Crippen MR) is 66.2 cm³/mol. The van der Waals surface area contributed by atoms with Crippen molar-refractivity contribution in [3.05, 3.63) is 29.3 Å². The zero-order valence-electron chi connectivity index (χ0n) is 10.5. The second kappa shape index (κ2) is 5.69. The van der Waals surface area contributed by atoms with Crippen LogP contribution in [0.5, 0.6) is 5.75 Å². The van der Waals surface area contributed by atoms with E-state index in [1.54, 1.807) is 7.11 Å². The van der Waals surface area contributed by atoms with E-state index in [-0.39, 0.29) is 5.92 Å². The molecule has 16 heavy (non-hydrogen) atoms. The van der Waals surface area contributed by atoms with Crippen LogP contribution in [0.4, 0.5) is 0 Å². The van der Waals surface area contributed by atoms with E-state index in [1.165, 1.54) is 5.56 Å². The van der Waals surface area contributed by atoms with Gasteiger partial charge in [-0.3, -0.25) is 0 Å². The summed E-state index contributed by atoms with van der Waals surface area (Å²) < 4.78 is 5.39. The molecule has 0 heterocycles. The number of hydrogen-bond acceptors (Lipinski definition) is 2. The van der Waals surface area contributed by atoms with Crippen molar-refractivity contribution < 1.29 is 9.53 Å². The molecular weight excluding hydrogens is 200 g/mol. The summed E-state index contributed by atoms with van der Waals surface area (Å²) in [6.07, 6.45) is 1.53. The normalized spacial score (nSPS) is 12.6. The summed E-state index contributed by atoms with van der Waals surface area (Å²) in [4.78, 5) is 10.5. The molecular formula is C14H20O2. The second-order valence-corrected chi connectivity index (χ2v) is 4.46. The molecule has 0 spiro atoms. The highest BCUT2D eigenvalue weighted by Crippen LogP contribution is 2.30. The van der Waals surface area contributed by atoms with E-state index in [4.69, 9.17) is 4.74 Å². The van der Waals surface area contributed by atoms with Crippen molar-refractivity contribution in [3.8, 4) is 5.75 Å². The summed E-state index contributed by atoms with van der Waals surface area (Å²) in [5.74, 6) is 1.63. The fraction of sp³-hybridized carbons (Fsp3) is 0.500. The van der Waals surface area contributed by atoms with Gasteiger partial charge in [0, 0.05) is 6.42 Å². The first-order chi connectivity index (χ1) is 7.60. The van der Waals surface area contributed by atoms with Crippen LogP contribution in [0.1, 0.15) is 50.2 Å². The number of aldehydes is 1. The van der Waals surface area contributed by atoms with Crippen molar-refractivity contribution in [2.45, 2.75) is 39.0 Å². The lowest BCUT2D eigenvalue weighted by Gasteiger charge is -2.15. The molecule has 0 aromatic heterocycles. The third-order valence-electron chi connectivity index (χ3n) is 2.90. The van der Waals surface area contributed by atoms with Crippen LogP contribution in [0.25, 0.3) is 0 Å². The van der Waals surface area contributed by atoms with Crippen LogP contribution in [0.3, 0.4) is 0 Å². The van der Waals surface area contributed by atoms with Crippen molar-refractivity contribution in [1.82, 2.24) is 0 Å². The molecule has 0 aliphatic heterocycles. The van der Waals surface area contributed by atoms with E-state index in [9.17, 15) is 4.79 Å². The molecule has 0 saturated carbocycles. The van der Waals surface area contributed by atoms with Crippen LogP contribution in [0, 0.1) is 0 Å². The molecule has 1 atom stereocenters. The molecule has 1 aromatic carbocycles. The van der Waals surface area contributed by atoms with Gasteiger partial charge in [-0.25, -0.2) is 0 Å². The monoisotopic (exact) mass is 220 g/mol. The first-order valence-corrected chi connectivity index (χ1v) is 5.71. The van der Waals surface area contributed by atoms with Crippen molar-refractivity contribution in [1.29, 1.82) is 0 Å². The summed E-state index contributed by atoms with van der Waals surface area (Å²) in [7, 11) is 1.69. The number of hydrogen-bond donors (Lipinski definition) is 0. The average Bonchev–Trinajstić information content (AvgIpc) is 2.28. The minimum absolute atomic E-state index is 0.257. The number of carbonyl (C=O) groups excluding carboxylic acids is 1. The average molecular weight is 220 g/mol. The molecule has 0 aliphatic carbocycles. The summed E-state index contributed by atoms with van der Waals surface area (Å²) in [6.45, 7) is 6.34. The molecule has 0 saturated heterocycles. The van der Waals surface area contributed by atoms with Gasteiger partial charge in [0.15, 0.2) is 0 Å². The van der Waals surface area contributed by atoms with Gasteiger partial charge in [-0.1, -0.05) is 32.9 Å². The zero-order chi connectivity index (χ0) is 12.1. The molecule has 0 fully saturated rings. The third kappa shape index (κ3) is 2.84. The standard InChI is InChI=1S/C14H20O2/c1-10(2)13-6-5-12(9-14(13)16-4)11(3)7-8-15/h5-6,8-11H,7H2,1-4H3. The molecule has 1 unspecified atom stereocenters. The van der Waals surface area contributed by atoms with Crippen molar-refractivity contribution in [2.24, 2.45) is 0 Å². The summed E-state index contributed by atoms with van der Waals surface area (Å²) in [6, 6.07) is 6.23.